The van der Waals surface area contributed by atoms with Crippen LogP contribution in [0.15, 0.2) is 0 Å². The largest absolute Gasteiger partial charge is 0.426 e. The van der Waals surface area contributed by atoms with Crippen molar-refractivity contribution in [3.63, 3.8) is 0 Å². The van der Waals surface area contributed by atoms with E-state index in [1.54, 1.807) is 6.92 Å². The van der Waals surface area contributed by atoms with Gasteiger partial charge in [0.05, 0.1) is 6.42 Å². The maximum Gasteiger partial charge on any atom is 0.311 e. The molecule has 0 aliphatic rings. The molecule has 1 aromatic carbocycles. The van der Waals surface area contributed by atoms with E-state index in [-0.39, 0.29) is 24.6 Å². The molecule has 0 fully saturated rings. The molecule has 0 aliphatic heterocycles. The first-order valence-electron chi connectivity index (χ1n) is 7.08. The second-order valence-corrected chi connectivity index (χ2v) is 5.32. The third-order valence-electron chi connectivity index (χ3n) is 4.15. The van der Waals surface area contributed by atoms with E-state index in [2.05, 4.69) is 6.92 Å². The Kier molecular flexibility index (Phi) is 5.49. The second-order valence-electron chi connectivity index (χ2n) is 5.32. The van der Waals surface area contributed by atoms with Gasteiger partial charge in [0.1, 0.15) is 11.5 Å². The molecule has 1 rings (SSSR count). The van der Waals surface area contributed by atoms with Gasteiger partial charge in [0, 0.05) is 12.8 Å². The highest BCUT2D eigenvalue weighted by Crippen LogP contribution is 2.32. The molecule has 3 heteroatoms. The maximum absolute atomic E-state index is 11.9. The van der Waals surface area contributed by atoms with Crippen molar-refractivity contribution < 1.29 is 14.3 Å². The van der Waals surface area contributed by atoms with Crippen LogP contribution in [0.5, 0.6) is 5.75 Å². The van der Waals surface area contributed by atoms with Crippen molar-refractivity contribution in [2.45, 2.75) is 60.8 Å². The van der Waals surface area contributed by atoms with Crippen molar-refractivity contribution >= 4 is 11.8 Å². The Hall–Kier alpha value is -1.64. The van der Waals surface area contributed by atoms with Gasteiger partial charge in [-0.3, -0.25) is 9.59 Å². The summed E-state index contributed by atoms with van der Waals surface area (Å²) in [4.78, 5) is 23.1. The Bertz CT molecular complexity index is 513. The molecular formula is C17H24O3. The van der Waals surface area contributed by atoms with Gasteiger partial charge in [-0.15, -0.1) is 0 Å². The first-order chi connectivity index (χ1) is 9.29. The van der Waals surface area contributed by atoms with Crippen molar-refractivity contribution in [1.82, 2.24) is 0 Å². The van der Waals surface area contributed by atoms with E-state index in [1.165, 1.54) is 5.56 Å². The Morgan fingerprint density at radius 3 is 1.70 bits per heavy atom. The van der Waals surface area contributed by atoms with E-state index in [0.717, 1.165) is 22.3 Å². The molecule has 110 valence electrons. The lowest BCUT2D eigenvalue weighted by atomic mass is 9.94. The highest BCUT2D eigenvalue weighted by molar-refractivity contribution is 5.83. The number of benzene rings is 1. The van der Waals surface area contributed by atoms with Crippen LogP contribution in [0.25, 0.3) is 0 Å². The van der Waals surface area contributed by atoms with Crippen LogP contribution < -0.4 is 4.74 Å². The topological polar surface area (TPSA) is 43.4 Å². The molecule has 0 heterocycles. The SMILES string of the molecule is CCC(=O)CCC(=O)Oc1c(C)c(C)c(C)c(C)c1C. The van der Waals surface area contributed by atoms with Crippen LogP contribution in [-0.2, 0) is 9.59 Å². The number of hydrogen-bond acceptors (Lipinski definition) is 3. The fourth-order valence-electron chi connectivity index (χ4n) is 2.20. The summed E-state index contributed by atoms with van der Waals surface area (Å²) in [5, 5.41) is 0. The van der Waals surface area contributed by atoms with E-state index in [9.17, 15) is 9.59 Å². The molecule has 20 heavy (non-hydrogen) atoms. The molecule has 0 N–H and O–H groups in total. The number of hydrogen-bond donors (Lipinski definition) is 0. The third-order valence-corrected chi connectivity index (χ3v) is 4.15. The monoisotopic (exact) mass is 276 g/mol. The van der Waals surface area contributed by atoms with Crippen molar-refractivity contribution in [3.05, 3.63) is 27.8 Å². The van der Waals surface area contributed by atoms with Gasteiger partial charge in [0.25, 0.3) is 0 Å². The average molecular weight is 276 g/mol. The van der Waals surface area contributed by atoms with Crippen molar-refractivity contribution in [1.29, 1.82) is 0 Å². The quantitative estimate of drug-likeness (QED) is 0.605. The van der Waals surface area contributed by atoms with Crippen molar-refractivity contribution in [2.75, 3.05) is 0 Å². The Morgan fingerprint density at radius 1 is 0.800 bits per heavy atom. The molecule has 0 saturated carbocycles. The molecule has 0 aromatic heterocycles. The smallest absolute Gasteiger partial charge is 0.311 e. The molecular weight excluding hydrogens is 252 g/mol. The summed E-state index contributed by atoms with van der Waals surface area (Å²) in [6.45, 7) is 11.9. The summed E-state index contributed by atoms with van der Waals surface area (Å²) in [5.41, 5.74) is 5.54. The molecule has 0 spiro atoms. The van der Waals surface area contributed by atoms with Gasteiger partial charge >= 0.3 is 5.97 Å². The lowest BCUT2D eigenvalue weighted by Crippen LogP contribution is -2.13. The molecule has 0 atom stereocenters. The molecule has 0 unspecified atom stereocenters. The number of ether oxygens (including phenoxy) is 1. The minimum absolute atomic E-state index is 0.0895. The number of carbonyl (C=O) groups is 2. The van der Waals surface area contributed by atoms with Gasteiger partial charge in [-0.1, -0.05) is 6.92 Å². The van der Waals surface area contributed by atoms with Gasteiger partial charge in [-0.2, -0.15) is 0 Å². The van der Waals surface area contributed by atoms with E-state index >= 15 is 0 Å². The van der Waals surface area contributed by atoms with E-state index < -0.39 is 0 Å². The first kappa shape index (κ1) is 16.4. The zero-order chi connectivity index (χ0) is 15.4. The molecule has 0 radical (unpaired) electrons. The fourth-order valence-corrected chi connectivity index (χ4v) is 2.20. The standard InChI is InChI=1S/C17H24O3/c1-7-15(18)8-9-16(19)20-17-13(5)11(3)10(2)12(4)14(17)6/h7-9H2,1-6H3. The Morgan fingerprint density at radius 2 is 1.25 bits per heavy atom. The summed E-state index contributed by atoms with van der Waals surface area (Å²) in [5.74, 6) is 0.409. The van der Waals surface area contributed by atoms with Gasteiger partial charge in [-0.25, -0.2) is 0 Å². The first-order valence-corrected chi connectivity index (χ1v) is 7.08. The van der Waals surface area contributed by atoms with Crippen LogP contribution in [0.2, 0.25) is 0 Å². The minimum Gasteiger partial charge on any atom is -0.426 e. The predicted molar refractivity (Wildman–Crippen MR) is 80.3 cm³/mol. The Labute approximate surface area is 121 Å². The lowest BCUT2D eigenvalue weighted by Gasteiger charge is -2.18. The highest BCUT2D eigenvalue weighted by atomic mass is 16.5. The van der Waals surface area contributed by atoms with Crippen LogP contribution in [-0.4, -0.2) is 11.8 Å². The molecule has 1 aromatic rings. The van der Waals surface area contributed by atoms with E-state index in [4.69, 9.17) is 4.74 Å². The lowest BCUT2D eigenvalue weighted by molar-refractivity contribution is -0.136. The van der Waals surface area contributed by atoms with Crippen LogP contribution >= 0.6 is 0 Å². The van der Waals surface area contributed by atoms with E-state index in [1.807, 2.05) is 27.7 Å². The number of esters is 1. The van der Waals surface area contributed by atoms with Gasteiger partial charge in [0.15, 0.2) is 0 Å². The van der Waals surface area contributed by atoms with Gasteiger partial charge < -0.3 is 4.74 Å². The zero-order valence-electron chi connectivity index (χ0n) is 13.3. The van der Waals surface area contributed by atoms with Crippen molar-refractivity contribution in [2.24, 2.45) is 0 Å². The summed E-state index contributed by atoms with van der Waals surface area (Å²) < 4.78 is 5.50. The number of rotatable bonds is 5. The summed E-state index contributed by atoms with van der Waals surface area (Å²) >= 11 is 0. The number of ketones is 1. The van der Waals surface area contributed by atoms with Crippen molar-refractivity contribution in [3.8, 4) is 5.75 Å². The Balaban J connectivity index is 2.93. The molecule has 0 saturated heterocycles. The number of carbonyl (C=O) groups excluding carboxylic acids is 2. The van der Waals surface area contributed by atoms with Crippen LogP contribution in [0.3, 0.4) is 0 Å². The molecule has 0 aliphatic carbocycles. The predicted octanol–water partition coefficient (Wildman–Crippen LogP) is 3.89. The number of Topliss-reactive ketones (excluding diaryl/α,β-unsaturated/α-hetero) is 1. The normalized spacial score (nSPS) is 10.5. The van der Waals surface area contributed by atoms with E-state index in [0.29, 0.717) is 12.2 Å². The maximum atomic E-state index is 11.9. The third kappa shape index (κ3) is 3.47. The van der Waals surface area contributed by atoms with Gasteiger partial charge in [-0.05, 0) is 62.4 Å². The summed E-state index contributed by atoms with van der Waals surface area (Å²) in [6.07, 6.45) is 0.878. The van der Waals surface area contributed by atoms with Crippen LogP contribution in [0, 0.1) is 34.6 Å². The molecule has 3 nitrogen and oxygen atoms in total. The van der Waals surface area contributed by atoms with Crippen LogP contribution in [0.4, 0.5) is 0 Å². The fraction of sp³-hybridized carbons (Fsp3) is 0.529. The summed E-state index contributed by atoms with van der Waals surface area (Å²) in [7, 11) is 0. The molecule has 0 amide bonds. The van der Waals surface area contributed by atoms with Gasteiger partial charge in [0.2, 0.25) is 0 Å². The second kappa shape index (κ2) is 6.69. The highest BCUT2D eigenvalue weighted by Gasteiger charge is 2.16. The summed E-state index contributed by atoms with van der Waals surface area (Å²) in [6, 6.07) is 0. The average Bonchev–Trinajstić information content (AvgIpc) is 2.44. The zero-order valence-corrected chi connectivity index (χ0v) is 13.3. The van der Waals surface area contributed by atoms with Crippen LogP contribution in [0.1, 0.15) is 54.0 Å². The molecule has 0 bridgehead atoms. The minimum atomic E-state index is -0.333.